The molecule has 0 bridgehead atoms. The molecule has 184 valence electrons. The van der Waals surface area contributed by atoms with Gasteiger partial charge in [-0.25, -0.2) is 9.37 Å². The molecule has 0 atom stereocenters. The molecule has 0 radical (unpaired) electrons. The fourth-order valence-electron chi connectivity index (χ4n) is 4.70. The number of piperazine rings is 1. The van der Waals surface area contributed by atoms with Crippen LogP contribution in [-0.2, 0) is 6.54 Å². The number of halogens is 4. The van der Waals surface area contributed by atoms with Crippen molar-refractivity contribution in [2.24, 2.45) is 0 Å². The topological polar surface area (TPSA) is 29.2 Å². The van der Waals surface area contributed by atoms with Gasteiger partial charge in [0.1, 0.15) is 10.8 Å². The van der Waals surface area contributed by atoms with E-state index in [0.29, 0.717) is 0 Å². The normalized spacial score (nSPS) is 13.7. The Morgan fingerprint density at radius 2 is 1.63 bits per heavy atom. The summed E-state index contributed by atoms with van der Waals surface area (Å²) in [4.78, 5) is 10.1. The zero-order valence-electron chi connectivity index (χ0n) is 18.7. The quantitative estimate of drug-likeness (QED) is 0.267. The zero-order valence-corrected chi connectivity index (χ0v) is 22.0. The van der Waals surface area contributed by atoms with Gasteiger partial charge in [0.25, 0.3) is 0 Å². The number of para-hydroxylation sites is 1. The first-order valence-electron chi connectivity index (χ1n) is 10.8. The van der Waals surface area contributed by atoms with Crippen LogP contribution in [-0.4, -0.2) is 50.2 Å². The molecule has 2 aromatic carbocycles. The van der Waals surface area contributed by atoms with Gasteiger partial charge in [-0.15, -0.1) is 37.2 Å². The Bertz CT molecular complexity index is 1310. The van der Waals surface area contributed by atoms with Gasteiger partial charge in [-0.3, -0.25) is 4.57 Å². The number of rotatable bonds is 2. The summed E-state index contributed by atoms with van der Waals surface area (Å²) in [5.74, 6) is 0.732. The number of aromatic nitrogens is 3. The van der Waals surface area contributed by atoms with Gasteiger partial charge in [-0.1, -0.05) is 30.4 Å². The van der Waals surface area contributed by atoms with E-state index in [4.69, 9.17) is 12.2 Å². The summed E-state index contributed by atoms with van der Waals surface area (Å²) in [6.45, 7) is 4.19. The molecule has 2 aromatic heterocycles. The maximum atomic E-state index is 13.2. The first-order valence-corrected chi connectivity index (χ1v) is 11.2. The van der Waals surface area contributed by atoms with Crippen LogP contribution in [0.3, 0.4) is 0 Å². The average Bonchev–Trinajstić information content (AvgIpc) is 3.45. The fourth-order valence-corrected chi connectivity index (χ4v) is 4.99. The zero-order chi connectivity index (χ0) is 21.7. The number of imidazole rings is 1. The number of hydrogen-bond acceptors (Lipinski definition) is 3. The van der Waals surface area contributed by atoms with Gasteiger partial charge in [0, 0.05) is 62.6 Å². The second-order valence-electron chi connectivity index (χ2n) is 8.25. The number of fused-ring (bicyclic) bond motifs is 5. The van der Waals surface area contributed by atoms with Crippen LogP contribution in [0.4, 0.5) is 10.1 Å². The molecule has 0 amide bonds. The molecular formula is C25H25Cl3FN5S. The Morgan fingerprint density at radius 1 is 0.914 bits per heavy atom. The summed E-state index contributed by atoms with van der Waals surface area (Å²) < 4.78 is 17.6. The van der Waals surface area contributed by atoms with Gasteiger partial charge < -0.3 is 14.4 Å². The Kier molecular flexibility index (Phi) is 8.49. The smallest absolute Gasteiger partial charge is 0.161 e. The Hall–Kier alpha value is -2.58. The van der Waals surface area contributed by atoms with Crippen LogP contribution < -0.4 is 4.90 Å². The molecule has 0 N–H and O–H groups in total. The summed E-state index contributed by atoms with van der Waals surface area (Å²) >= 11 is 5.91. The largest absolute Gasteiger partial charge is 0.368 e. The van der Waals surface area contributed by atoms with Crippen molar-refractivity contribution < 1.29 is 4.39 Å². The van der Waals surface area contributed by atoms with E-state index in [1.807, 2.05) is 24.5 Å². The highest BCUT2D eigenvalue weighted by Crippen LogP contribution is 2.31. The molecule has 0 unspecified atom stereocenters. The SMILES string of the molecule is Cl.Cl.Cl.Fc1ccc(N2CCN(C(=S)c3cc4n(c3)Cc3ccccc3-n3ccnc3-4)CC2)cc1. The van der Waals surface area contributed by atoms with E-state index in [2.05, 4.69) is 60.4 Å². The lowest BCUT2D eigenvalue weighted by atomic mass is 10.1. The molecule has 4 aromatic rings. The van der Waals surface area contributed by atoms with Crippen LogP contribution in [0.5, 0.6) is 0 Å². The van der Waals surface area contributed by atoms with Gasteiger partial charge in [-0.05, 0) is 42.0 Å². The predicted octanol–water partition coefficient (Wildman–Crippen LogP) is 5.60. The molecule has 0 spiro atoms. The number of anilines is 1. The highest BCUT2D eigenvalue weighted by atomic mass is 35.5. The first-order chi connectivity index (χ1) is 15.7. The third-order valence-electron chi connectivity index (χ3n) is 6.36. The van der Waals surface area contributed by atoms with Crippen molar-refractivity contribution in [3.63, 3.8) is 0 Å². The molecule has 1 fully saturated rings. The Labute approximate surface area is 227 Å². The van der Waals surface area contributed by atoms with E-state index in [1.165, 1.54) is 23.4 Å². The minimum absolute atomic E-state index is 0. The average molecular weight is 553 g/mol. The third kappa shape index (κ3) is 4.91. The molecular weight excluding hydrogens is 528 g/mol. The molecule has 4 heterocycles. The summed E-state index contributed by atoms with van der Waals surface area (Å²) in [5, 5.41) is 0. The number of benzene rings is 2. The van der Waals surface area contributed by atoms with E-state index >= 15 is 0 Å². The molecule has 0 saturated carbocycles. The monoisotopic (exact) mass is 551 g/mol. The van der Waals surface area contributed by atoms with Crippen molar-refractivity contribution >= 4 is 60.1 Å². The molecule has 5 nitrogen and oxygen atoms in total. The van der Waals surface area contributed by atoms with E-state index in [0.717, 1.165) is 60.5 Å². The van der Waals surface area contributed by atoms with E-state index in [1.54, 1.807) is 0 Å². The van der Waals surface area contributed by atoms with Crippen molar-refractivity contribution in [2.45, 2.75) is 6.54 Å². The van der Waals surface area contributed by atoms with Crippen LogP contribution >= 0.6 is 49.4 Å². The van der Waals surface area contributed by atoms with Crippen molar-refractivity contribution in [1.82, 2.24) is 19.0 Å². The molecule has 0 aliphatic carbocycles. The maximum Gasteiger partial charge on any atom is 0.161 e. The highest BCUT2D eigenvalue weighted by Gasteiger charge is 2.24. The van der Waals surface area contributed by atoms with E-state index < -0.39 is 0 Å². The second kappa shape index (κ2) is 11.0. The molecule has 6 rings (SSSR count). The van der Waals surface area contributed by atoms with Crippen LogP contribution in [0.2, 0.25) is 0 Å². The minimum atomic E-state index is -0.203. The van der Waals surface area contributed by atoms with Crippen molar-refractivity contribution in [2.75, 3.05) is 31.1 Å². The van der Waals surface area contributed by atoms with Crippen LogP contribution in [0.1, 0.15) is 11.1 Å². The van der Waals surface area contributed by atoms with Gasteiger partial charge >= 0.3 is 0 Å². The highest BCUT2D eigenvalue weighted by molar-refractivity contribution is 7.80. The lowest BCUT2D eigenvalue weighted by Gasteiger charge is -2.37. The molecule has 2 aliphatic rings. The van der Waals surface area contributed by atoms with Crippen LogP contribution in [0, 0.1) is 5.82 Å². The summed E-state index contributed by atoms with van der Waals surface area (Å²) in [6.07, 6.45) is 6.02. The number of hydrogen-bond donors (Lipinski definition) is 0. The minimum Gasteiger partial charge on any atom is -0.368 e. The lowest BCUT2D eigenvalue weighted by molar-refractivity contribution is 0.392. The first kappa shape index (κ1) is 27.0. The van der Waals surface area contributed by atoms with Gasteiger partial charge in [-0.2, -0.15) is 0 Å². The number of thiocarbonyl (C=S) groups is 1. The standard InChI is InChI=1S/C25H22FN5S.3ClH/c26-20-5-7-21(8-6-20)28-11-13-29(14-12-28)25(32)19-15-23-24-27-9-10-31(24)22-4-2-1-3-18(22)16-30(23)17-19;;;/h1-10,15,17H,11-14,16H2;3*1H. The molecule has 1 saturated heterocycles. The molecule has 10 heteroatoms. The van der Waals surface area contributed by atoms with Crippen molar-refractivity contribution in [1.29, 1.82) is 0 Å². The second-order valence-corrected chi connectivity index (χ2v) is 8.63. The molecule has 35 heavy (non-hydrogen) atoms. The van der Waals surface area contributed by atoms with Crippen LogP contribution in [0.15, 0.2) is 73.2 Å². The van der Waals surface area contributed by atoms with Crippen molar-refractivity contribution in [3.05, 3.63) is 90.1 Å². The summed E-state index contributed by atoms with van der Waals surface area (Å²) in [6, 6.07) is 17.3. The fraction of sp³-hybridized carbons (Fsp3) is 0.200. The van der Waals surface area contributed by atoms with Crippen LogP contribution in [0.25, 0.3) is 17.2 Å². The van der Waals surface area contributed by atoms with Gasteiger partial charge in [0.05, 0.1) is 11.4 Å². The summed E-state index contributed by atoms with van der Waals surface area (Å²) in [7, 11) is 0. The van der Waals surface area contributed by atoms with E-state index in [-0.39, 0.29) is 43.0 Å². The van der Waals surface area contributed by atoms with Gasteiger partial charge in [0.2, 0.25) is 0 Å². The summed E-state index contributed by atoms with van der Waals surface area (Å²) in [5.41, 5.74) is 5.61. The Balaban J connectivity index is 0.00000114. The maximum absolute atomic E-state index is 13.2. The predicted molar refractivity (Wildman–Crippen MR) is 150 cm³/mol. The lowest BCUT2D eigenvalue weighted by Crippen LogP contribution is -2.48. The van der Waals surface area contributed by atoms with E-state index in [9.17, 15) is 4.39 Å². The Morgan fingerprint density at radius 3 is 2.37 bits per heavy atom. The number of nitrogens with zero attached hydrogens (tertiary/aromatic N) is 5. The van der Waals surface area contributed by atoms with Gasteiger partial charge in [0.15, 0.2) is 5.82 Å². The third-order valence-corrected chi connectivity index (χ3v) is 6.86. The molecule has 2 aliphatic heterocycles. The van der Waals surface area contributed by atoms with Crippen molar-refractivity contribution in [3.8, 4) is 17.2 Å².